The van der Waals surface area contributed by atoms with E-state index < -0.39 is 0 Å². The molecular weight excluding hydrogens is 1050 g/mol. The molecular formula is C77H45N9. The fraction of sp³-hybridized carbons (Fsp3) is 0. The Morgan fingerprint density at radius 3 is 1.27 bits per heavy atom. The minimum Gasteiger partial charge on any atom is -0.310 e. The van der Waals surface area contributed by atoms with Crippen LogP contribution in [0.3, 0.4) is 0 Å². The number of aromatic nitrogens is 7. The van der Waals surface area contributed by atoms with Crippen molar-refractivity contribution in [2.45, 2.75) is 0 Å². The summed E-state index contributed by atoms with van der Waals surface area (Å²) in [5, 5.41) is 19.1. The Morgan fingerprint density at radius 2 is 0.756 bits per heavy atom. The van der Waals surface area contributed by atoms with Gasteiger partial charge in [-0.2, -0.15) is 5.26 Å². The van der Waals surface area contributed by atoms with Crippen molar-refractivity contribution in [2.24, 2.45) is 0 Å². The molecule has 12 aromatic carbocycles. The standard InChI is InChI=1S/C77H45N9/c1-79-60-32-20-38-66(86-64-36-18-14-30-59(64)70-68(86)46-44-57-55-28-12-16-34-62(55)84(74(57)70)52-25-9-4-10-26-52)72(60)77-81-75(50-21-5-2-6-22-50)80-76(82-77)71-53(49-41-39-48(47-78)40-42-49)31-19-37-65(71)85-63-35-17-13-29-58(63)69-67(85)45-43-56-54-27-11-15-33-61(54)83(73(56)69)51-23-7-3-8-24-51/h2-46H. The van der Waals surface area contributed by atoms with Crippen LogP contribution in [0.5, 0.6) is 0 Å². The topological polar surface area (TPSA) is 86.5 Å². The van der Waals surface area contributed by atoms with Gasteiger partial charge >= 0.3 is 0 Å². The summed E-state index contributed by atoms with van der Waals surface area (Å²) in [5.41, 5.74) is 16.9. The van der Waals surface area contributed by atoms with E-state index in [0.717, 1.165) is 127 Å². The van der Waals surface area contributed by atoms with Crippen molar-refractivity contribution in [3.05, 3.63) is 290 Å². The third-order valence-corrected chi connectivity index (χ3v) is 17.1. The molecule has 9 nitrogen and oxygen atoms in total. The van der Waals surface area contributed by atoms with Crippen molar-refractivity contribution in [1.82, 2.24) is 33.2 Å². The highest BCUT2D eigenvalue weighted by molar-refractivity contribution is 6.28. The molecule has 398 valence electrons. The second kappa shape index (κ2) is 19.2. The first kappa shape index (κ1) is 48.5. The number of hydrogen-bond acceptors (Lipinski definition) is 4. The first-order chi connectivity index (χ1) is 42.6. The van der Waals surface area contributed by atoms with Gasteiger partial charge in [0.2, 0.25) is 0 Å². The number of para-hydroxylation sites is 6. The van der Waals surface area contributed by atoms with Crippen molar-refractivity contribution in [2.75, 3.05) is 0 Å². The Kier molecular flexibility index (Phi) is 10.8. The summed E-state index contributed by atoms with van der Waals surface area (Å²) in [7, 11) is 0. The van der Waals surface area contributed by atoms with Gasteiger partial charge in [-0.15, -0.1) is 0 Å². The Labute approximate surface area is 492 Å². The molecule has 5 heterocycles. The van der Waals surface area contributed by atoms with E-state index in [4.69, 9.17) is 21.5 Å². The lowest BCUT2D eigenvalue weighted by Gasteiger charge is -2.19. The number of hydrogen-bond donors (Lipinski definition) is 0. The van der Waals surface area contributed by atoms with Gasteiger partial charge < -0.3 is 18.3 Å². The molecule has 5 aromatic heterocycles. The summed E-state index contributed by atoms with van der Waals surface area (Å²) in [6.45, 7) is 8.95. The zero-order valence-corrected chi connectivity index (χ0v) is 46.0. The maximum Gasteiger partial charge on any atom is 0.200 e. The largest absolute Gasteiger partial charge is 0.310 e. The van der Waals surface area contributed by atoms with Gasteiger partial charge in [0.25, 0.3) is 0 Å². The molecule has 0 aliphatic heterocycles. The lowest BCUT2D eigenvalue weighted by atomic mass is 9.96. The second-order valence-corrected chi connectivity index (χ2v) is 21.6. The molecule has 0 spiro atoms. The summed E-state index contributed by atoms with van der Waals surface area (Å²) in [6, 6.07) is 96.9. The predicted molar refractivity (Wildman–Crippen MR) is 350 cm³/mol. The monoisotopic (exact) mass is 1100 g/mol. The number of nitriles is 1. The van der Waals surface area contributed by atoms with E-state index in [1.807, 2.05) is 66.7 Å². The van der Waals surface area contributed by atoms with Gasteiger partial charge in [0.1, 0.15) is 0 Å². The van der Waals surface area contributed by atoms with E-state index in [1.54, 1.807) is 0 Å². The SMILES string of the molecule is [C-]#[N+]c1cccc(-n2c3ccccc3c3c2ccc2c4ccccc4n(-c4ccccc4)c23)c1-c1nc(-c2ccccc2)nc(-c2c(-c3ccc(C#N)cc3)cccc2-n2c3ccccc3c3c2ccc2c4ccccc4n(-c4ccccc4)c23)n1. The molecule has 0 aliphatic rings. The molecule has 0 saturated carbocycles. The highest BCUT2D eigenvalue weighted by Crippen LogP contribution is 2.48. The molecule has 0 saturated heterocycles. The smallest absolute Gasteiger partial charge is 0.200 e. The van der Waals surface area contributed by atoms with Crippen LogP contribution in [0.1, 0.15) is 5.56 Å². The highest BCUT2D eigenvalue weighted by atomic mass is 15.1. The zero-order valence-electron chi connectivity index (χ0n) is 46.0. The summed E-state index contributed by atoms with van der Waals surface area (Å²) in [4.78, 5) is 21.0. The number of benzene rings is 12. The third-order valence-electron chi connectivity index (χ3n) is 17.1. The molecule has 0 fully saturated rings. The average Bonchev–Trinajstić information content (AvgIpc) is 3.81. The van der Waals surface area contributed by atoms with Crippen molar-refractivity contribution in [1.29, 1.82) is 5.26 Å². The first-order valence-corrected chi connectivity index (χ1v) is 28.6. The lowest BCUT2D eigenvalue weighted by molar-refractivity contribution is 1.06. The predicted octanol–water partition coefficient (Wildman–Crippen LogP) is 19.4. The Balaban J connectivity index is 0.979. The van der Waals surface area contributed by atoms with E-state index in [-0.39, 0.29) is 0 Å². The fourth-order valence-corrected chi connectivity index (χ4v) is 13.5. The molecule has 9 heteroatoms. The van der Waals surface area contributed by atoms with Crippen LogP contribution in [0.2, 0.25) is 0 Å². The van der Waals surface area contributed by atoms with Gasteiger partial charge in [-0.1, -0.05) is 188 Å². The summed E-state index contributed by atoms with van der Waals surface area (Å²) >= 11 is 0. The van der Waals surface area contributed by atoms with Crippen LogP contribution in [0.4, 0.5) is 5.69 Å². The van der Waals surface area contributed by atoms with E-state index >= 15 is 0 Å². The molecule has 0 radical (unpaired) electrons. The Bertz CT molecular complexity index is 5720. The van der Waals surface area contributed by atoms with Gasteiger partial charge in [-0.3, -0.25) is 0 Å². The number of rotatable bonds is 8. The van der Waals surface area contributed by atoms with Gasteiger partial charge in [0.05, 0.1) is 73.6 Å². The molecule has 17 aromatic rings. The first-order valence-electron chi connectivity index (χ1n) is 28.6. The van der Waals surface area contributed by atoms with Gasteiger partial charge in [0.15, 0.2) is 23.2 Å². The van der Waals surface area contributed by atoms with Gasteiger partial charge in [-0.25, -0.2) is 19.8 Å². The van der Waals surface area contributed by atoms with Crippen molar-refractivity contribution in [3.8, 4) is 74.1 Å². The molecule has 0 bridgehead atoms. The van der Waals surface area contributed by atoms with Crippen molar-refractivity contribution >= 4 is 92.9 Å². The van der Waals surface area contributed by atoms with Crippen LogP contribution in [0.25, 0.3) is 160 Å². The Morgan fingerprint density at radius 1 is 0.326 bits per heavy atom. The van der Waals surface area contributed by atoms with E-state index in [0.29, 0.717) is 34.3 Å². The zero-order chi connectivity index (χ0) is 57.0. The van der Waals surface area contributed by atoms with Crippen LogP contribution in [-0.4, -0.2) is 33.2 Å². The van der Waals surface area contributed by atoms with E-state index in [9.17, 15) is 5.26 Å². The van der Waals surface area contributed by atoms with E-state index in [1.165, 1.54) is 5.39 Å². The molecule has 0 atom stereocenters. The molecule has 0 aliphatic carbocycles. The van der Waals surface area contributed by atoms with Gasteiger partial charge in [0, 0.05) is 71.3 Å². The third kappa shape index (κ3) is 7.19. The molecule has 0 unspecified atom stereocenters. The molecule has 0 N–H and O–H groups in total. The fourth-order valence-electron chi connectivity index (χ4n) is 13.5. The summed E-state index contributed by atoms with van der Waals surface area (Å²) in [6.07, 6.45) is 0. The van der Waals surface area contributed by atoms with E-state index in [2.05, 4.69) is 235 Å². The van der Waals surface area contributed by atoms with Crippen LogP contribution in [0, 0.1) is 17.9 Å². The van der Waals surface area contributed by atoms with Crippen LogP contribution < -0.4 is 0 Å². The van der Waals surface area contributed by atoms with Crippen LogP contribution in [0.15, 0.2) is 273 Å². The van der Waals surface area contributed by atoms with Gasteiger partial charge in [-0.05, 0) is 96.1 Å². The molecule has 0 amide bonds. The maximum atomic E-state index is 10.1. The quantitative estimate of drug-likeness (QED) is 0.142. The summed E-state index contributed by atoms with van der Waals surface area (Å²) in [5.74, 6) is 1.21. The van der Waals surface area contributed by atoms with Crippen molar-refractivity contribution < 1.29 is 0 Å². The lowest BCUT2D eigenvalue weighted by Crippen LogP contribution is -2.06. The molecule has 86 heavy (non-hydrogen) atoms. The van der Waals surface area contributed by atoms with Crippen LogP contribution >= 0.6 is 0 Å². The minimum absolute atomic E-state index is 0.345. The number of fused-ring (bicyclic) bond motifs is 14. The molecule has 17 rings (SSSR count). The average molecular weight is 1100 g/mol. The summed E-state index contributed by atoms with van der Waals surface area (Å²) < 4.78 is 9.43. The Hall–Kier alpha value is -12.2. The van der Waals surface area contributed by atoms with Crippen LogP contribution in [-0.2, 0) is 0 Å². The maximum absolute atomic E-state index is 10.1. The number of nitrogens with zero attached hydrogens (tertiary/aromatic N) is 9. The second-order valence-electron chi connectivity index (χ2n) is 21.6. The van der Waals surface area contributed by atoms with Crippen molar-refractivity contribution in [3.63, 3.8) is 0 Å². The highest BCUT2D eigenvalue weighted by Gasteiger charge is 2.28. The minimum atomic E-state index is 0.345. The normalized spacial score (nSPS) is 11.7.